The molecule has 2 heteroatoms. The number of aliphatic hydroxyl groups is 1. The monoisotopic (exact) mass is 240 g/mol. The largest absolute Gasteiger partial charge is 0.393 e. The van der Waals surface area contributed by atoms with E-state index in [0.29, 0.717) is 12.0 Å². The van der Waals surface area contributed by atoms with Crippen LogP contribution in [0.3, 0.4) is 0 Å². The summed E-state index contributed by atoms with van der Waals surface area (Å²) in [5.41, 5.74) is 0.258. The van der Waals surface area contributed by atoms with Crippen LogP contribution >= 0.6 is 0 Å². The summed E-state index contributed by atoms with van der Waals surface area (Å²) in [5.74, 6) is 0.593. The Labute approximate surface area is 106 Å². The summed E-state index contributed by atoms with van der Waals surface area (Å²) in [6.45, 7) is 4.34. The highest BCUT2D eigenvalue weighted by Gasteiger charge is 2.41. The van der Waals surface area contributed by atoms with Crippen molar-refractivity contribution in [2.24, 2.45) is 5.92 Å². The van der Waals surface area contributed by atoms with Crippen LogP contribution in [0.4, 0.5) is 0 Å². The Morgan fingerprint density at radius 3 is 2.59 bits per heavy atom. The molecule has 0 radical (unpaired) electrons. The highest BCUT2D eigenvalue weighted by Crippen LogP contribution is 2.44. The van der Waals surface area contributed by atoms with Gasteiger partial charge in [-0.25, -0.2) is 0 Å². The molecular formula is C15H28O2. The molecule has 1 aliphatic carbocycles. The normalized spacial score (nSPS) is 29.3. The van der Waals surface area contributed by atoms with Crippen LogP contribution < -0.4 is 0 Å². The molecule has 2 atom stereocenters. The minimum absolute atomic E-state index is 0.126. The molecule has 2 fully saturated rings. The van der Waals surface area contributed by atoms with Gasteiger partial charge in [0.05, 0.1) is 17.8 Å². The molecular weight excluding hydrogens is 212 g/mol. The van der Waals surface area contributed by atoms with Gasteiger partial charge in [-0.05, 0) is 50.9 Å². The van der Waals surface area contributed by atoms with Crippen LogP contribution in [0, 0.1) is 5.92 Å². The first-order valence-corrected chi connectivity index (χ1v) is 7.45. The average molecular weight is 240 g/mol. The van der Waals surface area contributed by atoms with Crippen molar-refractivity contribution in [3.05, 3.63) is 0 Å². The van der Waals surface area contributed by atoms with Gasteiger partial charge in [-0.3, -0.25) is 0 Å². The molecule has 0 amide bonds. The van der Waals surface area contributed by atoms with Crippen molar-refractivity contribution >= 4 is 0 Å². The van der Waals surface area contributed by atoms with Crippen molar-refractivity contribution in [3.8, 4) is 0 Å². The number of aliphatic hydroxyl groups excluding tert-OH is 1. The van der Waals surface area contributed by atoms with Gasteiger partial charge < -0.3 is 9.84 Å². The van der Waals surface area contributed by atoms with Crippen LogP contribution in [-0.2, 0) is 4.74 Å². The van der Waals surface area contributed by atoms with E-state index < -0.39 is 0 Å². The van der Waals surface area contributed by atoms with Crippen molar-refractivity contribution in [2.75, 3.05) is 0 Å². The second-order valence-electron chi connectivity index (χ2n) is 6.53. The van der Waals surface area contributed by atoms with Crippen LogP contribution in [0.1, 0.15) is 71.6 Å². The predicted molar refractivity (Wildman–Crippen MR) is 70.0 cm³/mol. The van der Waals surface area contributed by atoms with Crippen LogP contribution in [0.25, 0.3) is 0 Å². The average Bonchev–Trinajstić information content (AvgIpc) is 2.86. The van der Waals surface area contributed by atoms with E-state index in [-0.39, 0.29) is 11.7 Å². The lowest BCUT2D eigenvalue weighted by Crippen LogP contribution is -2.25. The second kappa shape index (κ2) is 5.71. The summed E-state index contributed by atoms with van der Waals surface area (Å²) in [6.07, 6.45) is 10.9. The molecule has 2 unspecified atom stereocenters. The molecule has 1 saturated heterocycles. The van der Waals surface area contributed by atoms with Gasteiger partial charge in [0.15, 0.2) is 0 Å². The number of hydrogen-bond acceptors (Lipinski definition) is 2. The molecule has 2 nitrogen and oxygen atoms in total. The van der Waals surface area contributed by atoms with Gasteiger partial charge in [-0.1, -0.05) is 26.7 Å². The van der Waals surface area contributed by atoms with Crippen LogP contribution in [-0.4, -0.2) is 22.9 Å². The topological polar surface area (TPSA) is 29.5 Å². The Morgan fingerprint density at radius 1 is 1.24 bits per heavy atom. The van der Waals surface area contributed by atoms with Crippen molar-refractivity contribution in [2.45, 2.75) is 89.4 Å². The van der Waals surface area contributed by atoms with E-state index >= 15 is 0 Å². The summed E-state index contributed by atoms with van der Waals surface area (Å²) >= 11 is 0. The van der Waals surface area contributed by atoms with Gasteiger partial charge in [-0.15, -0.1) is 0 Å². The first kappa shape index (κ1) is 13.4. The third-order valence-electron chi connectivity index (χ3n) is 4.42. The smallest absolute Gasteiger partial charge is 0.0687 e. The molecule has 0 aromatic carbocycles. The molecule has 1 spiro atoms. The lowest BCUT2D eigenvalue weighted by molar-refractivity contribution is -0.0433. The maximum atomic E-state index is 9.88. The highest BCUT2D eigenvalue weighted by molar-refractivity contribution is 4.92. The standard InChI is InChI=1S/C15H28O2/c1-12(2)11-13(16)5-6-14-7-10-15(17-14)8-3-4-9-15/h12-14,16H,3-11H2,1-2H3. The summed E-state index contributed by atoms with van der Waals surface area (Å²) in [5, 5.41) is 9.88. The number of hydrogen-bond donors (Lipinski definition) is 1. The maximum absolute atomic E-state index is 9.88. The maximum Gasteiger partial charge on any atom is 0.0687 e. The summed E-state index contributed by atoms with van der Waals surface area (Å²) < 4.78 is 6.25. The molecule has 2 rings (SSSR count). The van der Waals surface area contributed by atoms with Gasteiger partial charge in [0.25, 0.3) is 0 Å². The minimum Gasteiger partial charge on any atom is -0.393 e. The quantitative estimate of drug-likeness (QED) is 0.794. The molecule has 0 bridgehead atoms. The highest BCUT2D eigenvalue weighted by atomic mass is 16.5. The van der Waals surface area contributed by atoms with E-state index in [9.17, 15) is 5.11 Å². The molecule has 100 valence electrons. The lowest BCUT2D eigenvalue weighted by atomic mass is 9.97. The molecule has 17 heavy (non-hydrogen) atoms. The zero-order valence-corrected chi connectivity index (χ0v) is 11.5. The van der Waals surface area contributed by atoms with E-state index in [1.54, 1.807) is 0 Å². The van der Waals surface area contributed by atoms with E-state index in [0.717, 1.165) is 19.3 Å². The van der Waals surface area contributed by atoms with Gasteiger partial charge in [0.1, 0.15) is 0 Å². The fraction of sp³-hybridized carbons (Fsp3) is 1.00. The molecule has 2 aliphatic rings. The fourth-order valence-corrected chi connectivity index (χ4v) is 3.53. The molecule has 1 aliphatic heterocycles. The Morgan fingerprint density at radius 2 is 1.94 bits per heavy atom. The summed E-state index contributed by atoms with van der Waals surface area (Å²) in [6, 6.07) is 0. The van der Waals surface area contributed by atoms with Crippen molar-refractivity contribution in [3.63, 3.8) is 0 Å². The molecule has 1 saturated carbocycles. The molecule has 1 heterocycles. The third-order valence-corrected chi connectivity index (χ3v) is 4.42. The Bertz CT molecular complexity index is 231. The molecule has 0 aromatic rings. The van der Waals surface area contributed by atoms with Crippen LogP contribution in [0.5, 0.6) is 0 Å². The van der Waals surface area contributed by atoms with Crippen LogP contribution in [0.2, 0.25) is 0 Å². The molecule has 0 aromatic heterocycles. The SMILES string of the molecule is CC(C)CC(O)CCC1CCC2(CCCC2)O1. The lowest BCUT2D eigenvalue weighted by Gasteiger charge is -2.24. The van der Waals surface area contributed by atoms with Crippen molar-refractivity contribution in [1.82, 2.24) is 0 Å². The zero-order chi connectivity index (χ0) is 12.3. The Kier molecular flexibility index (Phi) is 4.48. The predicted octanol–water partition coefficient (Wildman–Crippen LogP) is 3.67. The first-order chi connectivity index (χ1) is 8.10. The van der Waals surface area contributed by atoms with Gasteiger partial charge >= 0.3 is 0 Å². The zero-order valence-electron chi connectivity index (χ0n) is 11.5. The number of rotatable bonds is 5. The van der Waals surface area contributed by atoms with Crippen LogP contribution in [0.15, 0.2) is 0 Å². The molecule has 1 N–H and O–H groups in total. The summed E-state index contributed by atoms with van der Waals surface area (Å²) in [7, 11) is 0. The number of ether oxygens (including phenoxy) is 1. The van der Waals surface area contributed by atoms with E-state index in [4.69, 9.17) is 4.74 Å². The van der Waals surface area contributed by atoms with Gasteiger partial charge in [0, 0.05) is 0 Å². The van der Waals surface area contributed by atoms with E-state index in [1.165, 1.54) is 38.5 Å². The van der Waals surface area contributed by atoms with Crippen molar-refractivity contribution < 1.29 is 9.84 Å². The fourth-order valence-electron chi connectivity index (χ4n) is 3.53. The van der Waals surface area contributed by atoms with Crippen molar-refractivity contribution in [1.29, 1.82) is 0 Å². The van der Waals surface area contributed by atoms with Gasteiger partial charge in [-0.2, -0.15) is 0 Å². The second-order valence-corrected chi connectivity index (χ2v) is 6.53. The Hall–Kier alpha value is -0.0800. The van der Waals surface area contributed by atoms with Gasteiger partial charge in [0.2, 0.25) is 0 Å². The third kappa shape index (κ3) is 3.69. The minimum atomic E-state index is -0.126. The van der Waals surface area contributed by atoms with E-state index in [1.807, 2.05) is 0 Å². The Balaban J connectivity index is 1.67. The van der Waals surface area contributed by atoms with E-state index in [2.05, 4.69) is 13.8 Å². The first-order valence-electron chi connectivity index (χ1n) is 7.45. The summed E-state index contributed by atoms with van der Waals surface area (Å²) in [4.78, 5) is 0.